The normalized spacial score (nSPS) is 15.4. The number of carbonyl (C=O) groups excluding carboxylic acids is 9. The summed E-state index contributed by atoms with van der Waals surface area (Å²) in [6, 6.07) is -12.9. The molecule has 0 spiro atoms. The van der Waals surface area contributed by atoms with E-state index in [1.807, 2.05) is 0 Å². The highest BCUT2D eigenvalue weighted by molar-refractivity contribution is 5.98. The highest BCUT2D eigenvalue weighted by Gasteiger charge is 2.32. The van der Waals surface area contributed by atoms with Crippen LogP contribution < -0.4 is 65.1 Å². The number of nitrogens with one attached hydrogen (secondary N) is 9. The number of rotatable bonds is 33. The molecule has 0 aliphatic heterocycles. The third kappa shape index (κ3) is 24.6. The molecular formula is C40H70N12O15. The maximum Gasteiger partial charge on any atom is 0.326 e. The van der Waals surface area contributed by atoms with Crippen molar-refractivity contribution in [3.8, 4) is 0 Å². The first-order chi connectivity index (χ1) is 31.2. The van der Waals surface area contributed by atoms with E-state index in [1.165, 1.54) is 41.5 Å². The van der Waals surface area contributed by atoms with E-state index in [4.69, 9.17) is 22.3 Å². The molecular weight excluding hydrogens is 889 g/mol. The predicted octanol–water partition coefficient (Wildman–Crippen LogP) is -5.13. The van der Waals surface area contributed by atoms with E-state index in [2.05, 4.69) is 47.9 Å². The minimum Gasteiger partial charge on any atom is -0.481 e. The number of unbranched alkanes of at least 4 members (excludes halogenated alkanes) is 2. The first-order valence-corrected chi connectivity index (χ1v) is 21.8. The lowest BCUT2D eigenvalue weighted by molar-refractivity contribution is -0.142. The highest BCUT2D eigenvalue weighted by atomic mass is 16.4. The van der Waals surface area contributed by atoms with Crippen molar-refractivity contribution in [1.29, 1.82) is 0 Å². The molecule has 18 N–H and O–H groups in total. The fourth-order valence-corrected chi connectivity index (χ4v) is 5.71. The van der Waals surface area contributed by atoms with Gasteiger partial charge < -0.3 is 80.4 Å². The number of amides is 9. The number of carboxylic acids is 3. The van der Waals surface area contributed by atoms with E-state index < -0.39 is 144 Å². The Balaban J connectivity index is 5.66. The molecule has 0 rings (SSSR count). The first kappa shape index (κ1) is 60.5. The van der Waals surface area contributed by atoms with Gasteiger partial charge in [-0.3, -0.25) is 52.7 Å². The zero-order valence-electron chi connectivity index (χ0n) is 38.7. The molecule has 0 saturated heterocycles. The Kier molecular flexibility index (Phi) is 28.4. The SMILES string of the molecule is C[C@H](NC(=O)[C@H](C)NC(=O)[C@H](CCC(=O)O)NC(=O)[C@H](CCCCN)NC(=O)[C@H](C)NC(=O)[C@H](C)NC(=O)[C@H](C)NC(=O)[C@@H](N)CCC(=O)O)C(=O)N[C@@H](C)C(=O)N[C@@H](CCCCN)C(=O)O. The summed E-state index contributed by atoms with van der Waals surface area (Å²) < 4.78 is 0. The molecule has 0 fully saturated rings. The lowest BCUT2D eigenvalue weighted by Crippen LogP contribution is -2.59. The molecule has 10 atom stereocenters. The molecule has 0 unspecified atom stereocenters. The number of nitrogens with two attached hydrogens (primary N) is 3. The fourth-order valence-electron chi connectivity index (χ4n) is 5.71. The minimum absolute atomic E-state index is 0.0211. The van der Waals surface area contributed by atoms with Gasteiger partial charge in [-0.1, -0.05) is 0 Å². The monoisotopic (exact) mass is 959 g/mol. The average molecular weight is 959 g/mol. The molecule has 67 heavy (non-hydrogen) atoms. The number of carbonyl (C=O) groups is 12. The van der Waals surface area contributed by atoms with Crippen molar-refractivity contribution in [2.24, 2.45) is 17.2 Å². The second-order valence-corrected chi connectivity index (χ2v) is 15.9. The second kappa shape index (κ2) is 31.4. The van der Waals surface area contributed by atoms with Crippen molar-refractivity contribution < 1.29 is 72.9 Å². The van der Waals surface area contributed by atoms with Crippen molar-refractivity contribution >= 4 is 71.1 Å². The van der Waals surface area contributed by atoms with E-state index >= 15 is 0 Å². The first-order valence-electron chi connectivity index (χ1n) is 21.8. The molecule has 0 aromatic rings. The van der Waals surface area contributed by atoms with Crippen LogP contribution in [0.15, 0.2) is 0 Å². The van der Waals surface area contributed by atoms with Crippen molar-refractivity contribution in [2.45, 2.75) is 166 Å². The van der Waals surface area contributed by atoms with Crippen LogP contribution in [0.25, 0.3) is 0 Å². The van der Waals surface area contributed by atoms with E-state index in [-0.39, 0.29) is 32.2 Å². The minimum atomic E-state index is -1.56. The third-order valence-electron chi connectivity index (χ3n) is 9.94. The Morgan fingerprint density at radius 1 is 0.358 bits per heavy atom. The summed E-state index contributed by atoms with van der Waals surface area (Å²) in [5.74, 6) is -11.5. The van der Waals surface area contributed by atoms with Crippen LogP contribution in [-0.2, 0) is 57.5 Å². The summed E-state index contributed by atoms with van der Waals surface area (Å²) in [5.41, 5.74) is 16.7. The highest BCUT2D eigenvalue weighted by Crippen LogP contribution is 2.07. The molecule has 27 heteroatoms. The summed E-state index contributed by atoms with van der Waals surface area (Å²) in [6.07, 6.45) is 0.143. The molecule has 0 saturated carbocycles. The van der Waals surface area contributed by atoms with Crippen LogP contribution in [0.4, 0.5) is 0 Å². The Morgan fingerprint density at radius 3 is 0.985 bits per heavy atom. The van der Waals surface area contributed by atoms with Gasteiger partial charge in [0.05, 0.1) is 6.04 Å². The lowest BCUT2D eigenvalue weighted by atomic mass is 10.1. The third-order valence-corrected chi connectivity index (χ3v) is 9.94. The van der Waals surface area contributed by atoms with Crippen LogP contribution >= 0.6 is 0 Å². The van der Waals surface area contributed by atoms with Gasteiger partial charge in [0, 0.05) is 12.8 Å². The summed E-state index contributed by atoms with van der Waals surface area (Å²) in [5, 5.41) is 48.9. The van der Waals surface area contributed by atoms with E-state index in [1.54, 1.807) is 0 Å². The van der Waals surface area contributed by atoms with E-state index in [9.17, 15) is 67.7 Å². The van der Waals surface area contributed by atoms with Gasteiger partial charge in [0.15, 0.2) is 0 Å². The van der Waals surface area contributed by atoms with Crippen LogP contribution in [-0.4, -0.2) is 160 Å². The van der Waals surface area contributed by atoms with Crippen LogP contribution in [0.3, 0.4) is 0 Å². The maximum atomic E-state index is 13.6. The predicted molar refractivity (Wildman–Crippen MR) is 237 cm³/mol. The number of carboxylic acid groups (broad SMARTS) is 3. The summed E-state index contributed by atoms with van der Waals surface area (Å²) in [6.45, 7) is 8.24. The summed E-state index contributed by atoms with van der Waals surface area (Å²) >= 11 is 0. The van der Waals surface area contributed by atoms with Crippen LogP contribution in [0, 0.1) is 0 Å². The molecule has 9 amide bonds. The Labute approximate surface area is 387 Å². The largest absolute Gasteiger partial charge is 0.481 e. The van der Waals surface area contributed by atoms with Gasteiger partial charge in [0.1, 0.15) is 54.4 Å². The Hall–Kier alpha value is -6.48. The Morgan fingerprint density at radius 2 is 0.627 bits per heavy atom. The molecule has 380 valence electrons. The molecule has 27 nitrogen and oxygen atoms in total. The molecule has 0 radical (unpaired) electrons. The zero-order valence-corrected chi connectivity index (χ0v) is 38.7. The molecule has 0 aliphatic rings. The number of aliphatic carboxylic acids is 3. The van der Waals surface area contributed by atoms with E-state index in [0.717, 1.165) is 0 Å². The lowest BCUT2D eigenvalue weighted by Gasteiger charge is -2.26. The smallest absolute Gasteiger partial charge is 0.326 e. The number of hydrogen-bond donors (Lipinski definition) is 15. The van der Waals surface area contributed by atoms with Gasteiger partial charge in [0.25, 0.3) is 0 Å². The van der Waals surface area contributed by atoms with Crippen LogP contribution in [0.1, 0.15) is 106 Å². The van der Waals surface area contributed by atoms with Gasteiger partial charge in [0.2, 0.25) is 53.2 Å². The summed E-state index contributed by atoms with van der Waals surface area (Å²) in [4.78, 5) is 150. The number of hydrogen-bond acceptors (Lipinski definition) is 15. The van der Waals surface area contributed by atoms with Crippen molar-refractivity contribution in [2.75, 3.05) is 13.1 Å². The fraction of sp³-hybridized carbons (Fsp3) is 0.700. The molecule has 0 aromatic carbocycles. The second-order valence-electron chi connectivity index (χ2n) is 15.9. The maximum absolute atomic E-state index is 13.6. The van der Waals surface area contributed by atoms with Crippen molar-refractivity contribution in [3.63, 3.8) is 0 Å². The van der Waals surface area contributed by atoms with Crippen molar-refractivity contribution in [3.05, 3.63) is 0 Å². The van der Waals surface area contributed by atoms with Gasteiger partial charge in [-0.25, -0.2) is 4.79 Å². The molecule has 0 aromatic heterocycles. The topological polar surface area (TPSA) is 452 Å². The molecule has 0 heterocycles. The van der Waals surface area contributed by atoms with Crippen LogP contribution in [0.2, 0.25) is 0 Å². The van der Waals surface area contributed by atoms with Gasteiger partial charge in [-0.05, 0) is 106 Å². The van der Waals surface area contributed by atoms with E-state index in [0.29, 0.717) is 32.2 Å². The standard InChI is InChI=1S/C40H70N12O15/c1-19(44-33(59)21(3)48-37(63)25(43)13-15-29(53)54)31(57)46-23(5)35(61)50-26(11-7-9-17-41)39(65)51-27(14-16-30(55)56)38(64)49-22(4)34(60)45-20(2)32(58)47-24(6)36(62)52-28(40(66)67)12-8-10-18-42/h19-28H,7-18,41-43H2,1-6H3,(H,44,59)(H,45,60)(H,46,57)(H,47,58)(H,48,63)(H,49,64)(H,50,61)(H,51,65)(H,52,62)(H,53,54)(H,55,56)(H,66,67)/t19-,20-,21-,22-,23-,24-,25-,26-,27-,28-/m0/s1. The van der Waals surface area contributed by atoms with Gasteiger partial charge in [-0.15, -0.1) is 0 Å². The average Bonchev–Trinajstić information content (AvgIpc) is 3.25. The summed E-state index contributed by atoms with van der Waals surface area (Å²) in [7, 11) is 0. The Bertz CT molecular complexity index is 1750. The van der Waals surface area contributed by atoms with Gasteiger partial charge in [-0.2, -0.15) is 0 Å². The quantitative estimate of drug-likeness (QED) is 0.0274. The molecule has 0 aliphatic carbocycles. The van der Waals surface area contributed by atoms with Gasteiger partial charge >= 0.3 is 17.9 Å². The molecule has 0 bridgehead atoms. The van der Waals surface area contributed by atoms with Crippen molar-refractivity contribution in [1.82, 2.24) is 47.9 Å². The van der Waals surface area contributed by atoms with Crippen LogP contribution in [0.5, 0.6) is 0 Å². The zero-order chi connectivity index (χ0) is 51.6.